The van der Waals surface area contributed by atoms with E-state index in [-0.39, 0.29) is 15.7 Å². The highest BCUT2D eigenvalue weighted by molar-refractivity contribution is 7.89. The summed E-state index contributed by atoms with van der Waals surface area (Å²) in [5.41, 5.74) is 0.0230. The molecule has 0 radical (unpaired) electrons. The maximum absolute atomic E-state index is 11.3. The van der Waals surface area contributed by atoms with Crippen molar-refractivity contribution in [3.8, 4) is 0 Å². The van der Waals surface area contributed by atoms with Crippen molar-refractivity contribution in [2.24, 2.45) is 0 Å². The molecule has 15 heavy (non-hydrogen) atoms. The summed E-state index contributed by atoms with van der Waals surface area (Å²) in [5.74, 6) is -0.802. The van der Waals surface area contributed by atoms with E-state index in [0.717, 1.165) is 12.5 Å². The minimum absolute atomic E-state index is 0.0230. The van der Waals surface area contributed by atoms with Gasteiger partial charge in [0.25, 0.3) is 5.91 Å². The van der Waals surface area contributed by atoms with Gasteiger partial charge in [-0.3, -0.25) is 4.79 Å². The molecular weight excluding hydrogens is 263 g/mol. The van der Waals surface area contributed by atoms with Gasteiger partial charge in [-0.1, -0.05) is 23.2 Å². The average Bonchev–Trinajstić information content (AvgIpc) is 2.06. The van der Waals surface area contributed by atoms with Gasteiger partial charge < -0.3 is 0 Å². The van der Waals surface area contributed by atoms with Crippen molar-refractivity contribution in [1.82, 2.24) is 9.71 Å². The first-order valence-corrected chi connectivity index (χ1v) is 6.27. The summed E-state index contributed by atoms with van der Waals surface area (Å²) in [6.07, 6.45) is 2.00. The van der Waals surface area contributed by atoms with Gasteiger partial charge in [0.15, 0.2) is 0 Å². The van der Waals surface area contributed by atoms with Crippen LogP contribution in [0.15, 0.2) is 12.3 Å². The Morgan fingerprint density at radius 2 is 2.07 bits per heavy atom. The van der Waals surface area contributed by atoms with Gasteiger partial charge in [-0.2, -0.15) is 0 Å². The Labute approximate surface area is 96.5 Å². The number of hydrogen-bond donors (Lipinski definition) is 1. The molecule has 0 atom stereocenters. The van der Waals surface area contributed by atoms with Crippen molar-refractivity contribution in [1.29, 1.82) is 0 Å². The summed E-state index contributed by atoms with van der Waals surface area (Å²) in [5, 5.41) is 0.130. The molecule has 0 aliphatic rings. The molecule has 5 nitrogen and oxygen atoms in total. The fourth-order valence-corrected chi connectivity index (χ4v) is 1.50. The van der Waals surface area contributed by atoms with Gasteiger partial charge >= 0.3 is 0 Å². The molecule has 8 heteroatoms. The Morgan fingerprint density at radius 3 is 2.53 bits per heavy atom. The van der Waals surface area contributed by atoms with Gasteiger partial charge in [0.05, 0.1) is 16.8 Å². The highest BCUT2D eigenvalue weighted by Crippen LogP contribution is 2.19. The highest BCUT2D eigenvalue weighted by Gasteiger charge is 2.12. The number of nitrogens with one attached hydrogen (secondary N) is 1. The van der Waals surface area contributed by atoms with Gasteiger partial charge in [-0.05, 0) is 6.07 Å². The third-order valence-electron chi connectivity index (χ3n) is 1.34. The van der Waals surface area contributed by atoms with Crippen molar-refractivity contribution >= 4 is 39.1 Å². The van der Waals surface area contributed by atoms with E-state index in [2.05, 4.69) is 4.98 Å². The quantitative estimate of drug-likeness (QED) is 0.815. The third kappa shape index (κ3) is 3.65. The number of amides is 1. The molecule has 0 bridgehead atoms. The van der Waals surface area contributed by atoms with Crippen LogP contribution in [0.4, 0.5) is 0 Å². The highest BCUT2D eigenvalue weighted by atomic mass is 35.5. The predicted octanol–water partition coefficient (Wildman–Crippen LogP) is 1.08. The molecular formula is C7H6Cl2N2O3S. The van der Waals surface area contributed by atoms with Gasteiger partial charge in [0, 0.05) is 6.20 Å². The van der Waals surface area contributed by atoms with Gasteiger partial charge in [-0.25, -0.2) is 18.1 Å². The second-order valence-corrected chi connectivity index (χ2v) is 5.21. The van der Waals surface area contributed by atoms with Crippen molar-refractivity contribution in [3.63, 3.8) is 0 Å². The maximum atomic E-state index is 11.3. The SMILES string of the molecule is CS(=O)(=O)NC(=O)c1cnc(Cl)c(Cl)c1. The van der Waals surface area contributed by atoms with E-state index in [4.69, 9.17) is 23.2 Å². The Kier molecular flexibility index (Phi) is 3.54. The second-order valence-electron chi connectivity index (χ2n) is 2.70. The molecule has 1 aromatic rings. The van der Waals surface area contributed by atoms with E-state index in [9.17, 15) is 13.2 Å². The number of nitrogens with zero attached hydrogens (tertiary/aromatic N) is 1. The zero-order valence-electron chi connectivity index (χ0n) is 7.49. The zero-order chi connectivity index (χ0) is 11.6. The first kappa shape index (κ1) is 12.2. The van der Waals surface area contributed by atoms with Crippen LogP contribution in [0.2, 0.25) is 10.2 Å². The van der Waals surface area contributed by atoms with E-state index in [1.54, 1.807) is 4.72 Å². The van der Waals surface area contributed by atoms with Gasteiger partial charge in [0.1, 0.15) is 5.15 Å². The molecule has 0 saturated carbocycles. The summed E-state index contributed by atoms with van der Waals surface area (Å²) < 4.78 is 23.3. The molecule has 0 fully saturated rings. The predicted molar refractivity (Wildman–Crippen MR) is 56.6 cm³/mol. The number of pyridine rings is 1. The summed E-state index contributed by atoms with van der Waals surface area (Å²) in [4.78, 5) is 14.9. The Bertz CT molecular complexity index is 501. The maximum Gasteiger partial charge on any atom is 0.266 e. The summed E-state index contributed by atoms with van der Waals surface area (Å²) in [6, 6.07) is 1.23. The van der Waals surface area contributed by atoms with E-state index < -0.39 is 15.9 Å². The topological polar surface area (TPSA) is 76.1 Å². The zero-order valence-corrected chi connectivity index (χ0v) is 9.82. The largest absolute Gasteiger partial charge is 0.268 e. The fraction of sp³-hybridized carbons (Fsp3) is 0.143. The lowest BCUT2D eigenvalue weighted by atomic mass is 10.3. The first-order chi connectivity index (χ1) is 6.79. The number of halogens is 2. The Balaban J connectivity index is 2.98. The van der Waals surface area contributed by atoms with E-state index in [0.29, 0.717) is 0 Å². The van der Waals surface area contributed by atoms with Crippen molar-refractivity contribution in [2.75, 3.05) is 6.26 Å². The first-order valence-electron chi connectivity index (χ1n) is 3.63. The lowest BCUT2D eigenvalue weighted by Gasteiger charge is -2.02. The number of carbonyl (C=O) groups is 1. The van der Waals surface area contributed by atoms with Gasteiger partial charge in [-0.15, -0.1) is 0 Å². The average molecular weight is 269 g/mol. The molecule has 82 valence electrons. The van der Waals surface area contributed by atoms with Crippen LogP contribution in [-0.2, 0) is 10.0 Å². The summed E-state index contributed by atoms with van der Waals surface area (Å²) in [6.45, 7) is 0. The van der Waals surface area contributed by atoms with E-state index in [1.807, 2.05) is 0 Å². The molecule has 0 saturated heterocycles. The van der Waals surface area contributed by atoms with Gasteiger partial charge in [0.2, 0.25) is 10.0 Å². The molecule has 1 aromatic heterocycles. The third-order valence-corrected chi connectivity index (χ3v) is 2.58. The Hall–Kier alpha value is -0.850. The monoisotopic (exact) mass is 268 g/mol. The van der Waals surface area contributed by atoms with Crippen LogP contribution >= 0.6 is 23.2 Å². The van der Waals surface area contributed by atoms with Crippen LogP contribution in [0.25, 0.3) is 0 Å². The standard InChI is InChI=1S/C7H6Cl2N2O3S/c1-15(13,14)11-7(12)4-2-5(8)6(9)10-3-4/h2-3H,1H3,(H,11,12). The number of rotatable bonds is 2. The molecule has 1 heterocycles. The lowest BCUT2D eigenvalue weighted by Crippen LogP contribution is -2.29. The van der Waals surface area contributed by atoms with Crippen molar-refractivity contribution < 1.29 is 13.2 Å². The lowest BCUT2D eigenvalue weighted by molar-refractivity contribution is 0.0981. The molecule has 0 aliphatic carbocycles. The van der Waals surface area contributed by atoms with Crippen LogP contribution < -0.4 is 4.72 Å². The van der Waals surface area contributed by atoms with Crippen LogP contribution in [0.5, 0.6) is 0 Å². The molecule has 1 N–H and O–H groups in total. The minimum atomic E-state index is -3.60. The van der Waals surface area contributed by atoms with Crippen LogP contribution in [0, 0.1) is 0 Å². The molecule has 0 unspecified atom stereocenters. The smallest absolute Gasteiger partial charge is 0.266 e. The summed E-state index contributed by atoms with van der Waals surface area (Å²) in [7, 11) is -3.60. The second kappa shape index (κ2) is 4.34. The fourth-order valence-electron chi connectivity index (χ4n) is 0.773. The molecule has 0 aliphatic heterocycles. The normalized spacial score (nSPS) is 11.1. The molecule has 1 rings (SSSR count). The number of hydrogen-bond acceptors (Lipinski definition) is 4. The van der Waals surface area contributed by atoms with Crippen LogP contribution in [0.1, 0.15) is 10.4 Å². The summed E-state index contributed by atoms with van der Waals surface area (Å²) >= 11 is 11.1. The molecule has 1 amide bonds. The van der Waals surface area contributed by atoms with E-state index in [1.165, 1.54) is 6.07 Å². The molecule has 0 spiro atoms. The van der Waals surface area contributed by atoms with Crippen LogP contribution in [-0.4, -0.2) is 25.6 Å². The Morgan fingerprint density at radius 1 is 1.47 bits per heavy atom. The van der Waals surface area contributed by atoms with Crippen molar-refractivity contribution in [2.45, 2.75) is 0 Å². The molecule has 0 aromatic carbocycles. The van der Waals surface area contributed by atoms with Crippen molar-refractivity contribution in [3.05, 3.63) is 28.0 Å². The van der Waals surface area contributed by atoms with Crippen LogP contribution in [0.3, 0.4) is 0 Å². The minimum Gasteiger partial charge on any atom is -0.268 e. The number of sulfonamides is 1. The number of carbonyl (C=O) groups excluding carboxylic acids is 1. The number of aromatic nitrogens is 1. The van der Waals surface area contributed by atoms with E-state index >= 15 is 0 Å².